The summed E-state index contributed by atoms with van der Waals surface area (Å²) in [6.07, 6.45) is 5.12. The smallest absolute Gasteiger partial charge is 0.226 e. The highest BCUT2D eigenvalue weighted by atomic mass is 16.2. The molecule has 1 N–H and O–H groups in total. The van der Waals surface area contributed by atoms with Gasteiger partial charge in [0.2, 0.25) is 5.91 Å². The Morgan fingerprint density at radius 1 is 1.27 bits per heavy atom. The molecule has 0 atom stereocenters. The first-order valence-corrected chi connectivity index (χ1v) is 5.51. The molecule has 3 nitrogen and oxygen atoms in total. The second-order valence-electron chi connectivity index (χ2n) is 3.82. The van der Waals surface area contributed by atoms with E-state index in [-0.39, 0.29) is 11.8 Å². The quantitative estimate of drug-likeness (QED) is 0.688. The van der Waals surface area contributed by atoms with Crippen LogP contribution in [0.2, 0.25) is 0 Å². The van der Waals surface area contributed by atoms with E-state index in [0.717, 1.165) is 39.0 Å². The van der Waals surface area contributed by atoms with Crippen molar-refractivity contribution in [2.75, 3.05) is 26.2 Å². The van der Waals surface area contributed by atoms with Crippen LogP contribution in [0.15, 0.2) is 25.3 Å². The molecule has 1 aliphatic heterocycles. The zero-order chi connectivity index (χ0) is 11.1. The van der Waals surface area contributed by atoms with Crippen LogP contribution >= 0.6 is 0 Å². The molecule has 1 amide bonds. The average Bonchev–Trinajstić information content (AvgIpc) is 2.29. The number of allylic oxidation sites excluding steroid dienone is 2. The van der Waals surface area contributed by atoms with Gasteiger partial charge in [-0.15, -0.1) is 13.2 Å². The lowest BCUT2D eigenvalue weighted by atomic mass is 9.99. The monoisotopic (exact) mass is 208 g/mol. The predicted molar refractivity (Wildman–Crippen MR) is 62.6 cm³/mol. The first kappa shape index (κ1) is 12.0. The minimum absolute atomic E-state index is 0.0399. The van der Waals surface area contributed by atoms with Crippen molar-refractivity contribution in [1.29, 1.82) is 0 Å². The fraction of sp³-hybridized carbons (Fsp3) is 0.583. The van der Waals surface area contributed by atoms with Gasteiger partial charge in [0, 0.05) is 32.1 Å². The van der Waals surface area contributed by atoms with Crippen molar-refractivity contribution in [3.8, 4) is 0 Å². The first-order chi connectivity index (χ1) is 7.29. The number of hydrogen-bond acceptors (Lipinski definition) is 2. The molecular formula is C12H20N2O. The van der Waals surface area contributed by atoms with Crippen LogP contribution in [0.1, 0.15) is 12.8 Å². The summed E-state index contributed by atoms with van der Waals surface area (Å²) in [7, 11) is 0. The standard InChI is InChI=1S/C12H20N2O/c1-3-5-11(6-4-2)12(15)14-9-7-13-8-10-14/h3-4,11,13H,1-2,5-10H2. The molecule has 1 aliphatic rings. The van der Waals surface area contributed by atoms with Gasteiger partial charge >= 0.3 is 0 Å². The molecule has 0 radical (unpaired) electrons. The van der Waals surface area contributed by atoms with E-state index >= 15 is 0 Å². The SMILES string of the molecule is C=CCC(CC=C)C(=O)N1CCNCC1. The third kappa shape index (κ3) is 3.51. The number of hydrogen-bond donors (Lipinski definition) is 1. The molecule has 0 saturated carbocycles. The van der Waals surface area contributed by atoms with E-state index in [1.807, 2.05) is 17.1 Å². The van der Waals surface area contributed by atoms with Gasteiger partial charge in [-0.05, 0) is 12.8 Å². The van der Waals surface area contributed by atoms with Crippen molar-refractivity contribution in [2.24, 2.45) is 5.92 Å². The fourth-order valence-corrected chi connectivity index (χ4v) is 1.84. The largest absolute Gasteiger partial charge is 0.340 e. The number of carbonyl (C=O) groups is 1. The Morgan fingerprint density at radius 2 is 1.80 bits per heavy atom. The molecule has 84 valence electrons. The zero-order valence-corrected chi connectivity index (χ0v) is 9.24. The molecule has 1 heterocycles. The highest BCUT2D eigenvalue weighted by molar-refractivity contribution is 5.79. The van der Waals surface area contributed by atoms with Crippen LogP contribution < -0.4 is 5.32 Å². The topological polar surface area (TPSA) is 32.3 Å². The second-order valence-corrected chi connectivity index (χ2v) is 3.82. The number of carbonyl (C=O) groups excluding carboxylic acids is 1. The highest BCUT2D eigenvalue weighted by Crippen LogP contribution is 2.14. The maximum Gasteiger partial charge on any atom is 0.226 e. The van der Waals surface area contributed by atoms with E-state index in [4.69, 9.17) is 0 Å². The molecule has 0 spiro atoms. The lowest BCUT2D eigenvalue weighted by Crippen LogP contribution is -2.48. The van der Waals surface area contributed by atoms with Gasteiger partial charge in [-0.2, -0.15) is 0 Å². The Balaban J connectivity index is 2.52. The van der Waals surface area contributed by atoms with Crippen molar-refractivity contribution >= 4 is 5.91 Å². The first-order valence-electron chi connectivity index (χ1n) is 5.51. The predicted octanol–water partition coefficient (Wildman–Crippen LogP) is 1.19. The summed E-state index contributed by atoms with van der Waals surface area (Å²) in [5.74, 6) is 0.286. The normalized spacial score (nSPS) is 16.5. The second kappa shape index (κ2) is 6.40. The Morgan fingerprint density at radius 3 is 2.27 bits per heavy atom. The molecule has 0 aliphatic carbocycles. The van der Waals surface area contributed by atoms with Crippen LogP contribution in [0.25, 0.3) is 0 Å². The highest BCUT2D eigenvalue weighted by Gasteiger charge is 2.23. The van der Waals surface area contributed by atoms with Gasteiger partial charge in [0.05, 0.1) is 0 Å². The van der Waals surface area contributed by atoms with Crippen molar-refractivity contribution in [3.05, 3.63) is 25.3 Å². The van der Waals surface area contributed by atoms with Crippen LogP contribution in [-0.4, -0.2) is 37.0 Å². The number of nitrogens with one attached hydrogen (secondary N) is 1. The molecule has 3 heteroatoms. The number of piperazine rings is 1. The number of amides is 1. The van der Waals surface area contributed by atoms with Crippen LogP contribution in [0.3, 0.4) is 0 Å². The molecule has 1 saturated heterocycles. The van der Waals surface area contributed by atoms with Gasteiger partial charge < -0.3 is 10.2 Å². The number of nitrogens with zero attached hydrogens (tertiary/aromatic N) is 1. The Hall–Kier alpha value is -1.09. The molecular weight excluding hydrogens is 188 g/mol. The average molecular weight is 208 g/mol. The zero-order valence-electron chi connectivity index (χ0n) is 9.24. The summed E-state index contributed by atoms with van der Waals surface area (Å²) in [4.78, 5) is 14.0. The van der Waals surface area contributed by atoms with E-state index in [1.54, 1.807) is 0 Å². The van der Waals surface area contributed by atoms with E-state index in [2.05, 4.69) is 18.5 Å². The summed E-state index contributed by atoms with van der Waals surface area (Å²) in [5.41, 5.74) is 0. The van der Waals surface area contributed by atoms with E-state index in [9.17, 15) is 4.79 Å². The summed E-state index contributed by atoms with van der Waals surface area (Å²) >= 11 is 0. The van der Waals surface area contributed by atoms with E-state index < -0.39 is 0 Å². The summed E-state index contributed by atoms with van der Waals surface area (Å²) in [6, 6.07) is 0. The van der Waals surface area contributed by atoms with Gasteiger partial charge in [0.1, 0.15) is 0 Å². The van der Waals surface area contributed by atoms with Crippen LogP contribution in [0.5, 0.6) is 0 Å². The number of rotatable bonds is 5. The summed E-state index contributed by atoms with van der Waals surface area (Å²) in [5, 5.41) is 3.24. The lowest BCUT2D eigenvalue weighted by Gasteiger charge is -2.30. The van der Waals surface area contributed by atoms with Gasteiger partial charge in [-0.3, -0.25) is 4.79 Å². The molecule has 1 rings (SSSR count). The van der Waals surface area contributed by atoms with Crippen LogP contribution in [0.4, 0.5) is 0 Å². The lowest BCUT2D eigenvalue weighted by molar-refractivity contribution is -0.135. The van der Waals surface area contributed by atoms with Crippen molar-refractivity contribution in [2.45, 2.75) is 12.8 Å². The molecule has 0 unspecified atom stereocenters. The van der Waals surface area contributed by atoms with Crippen LogP contribution in [0, 0.1) is 5.92 Å². The van der Waals surface area contributed by atoms with E-state index in [0.29, 0.717) is 0 Å². The fourth-order valence-electron chi connectivity index (χ4n) is 1.84. The Kier molecular flexibility index (Phi) is 5.12. The van der Waals surface area contributed by atoms with E-state index in [1.165, 1.54) is 0 Å². The minimum atomic E-state index is 0.0399. The van der Waals surface area contributed by atoms with Gasteiger partial charge in [-0.1, -0.05) is 12.2 Å². The Labute approximate surface area is 91.8 Å². The molecule has 0 aromatic heterocycles. The third-order valence-electron chi connectivity index (χ3n) is 2.68. The molecule has 0 aromatic rings. The Bertz CT molecular complexity index is 222. The maximum absolute atomic E-state index is 12.1. The van der Waals surface area contributed by atoms with Gasteiger partial charge in [0.25, 0.3) is 0 Å². The van der Waals surface area contributed by atoms with Crippen LogP contribution in [-0.2, 0) is 4.79 Å². The molecule has 0 bridgehead atoms. The molecule has 0 aromatic carbocycles. The third-order valence-corrected chi connectivity index (χ3v) is 2.68. The maximum atomic E-state index is 12.1. The van der Waals surface area contributed by atoms with Gasteiger partial charge in [-0.25, -0.2) is 0 Å². The summed E-state index contributed by atoms with van der Waals surface area (Å²) in [6.45, 7) is 10.8. The molecule has 1 fully saturated rings. The molecule has 15 heavy (non-hydrogen) atoms. The summed E-state index contributed by atoms with van der Waals surface area (Å²) < 4.78 is 0. The van der Waals surface area contributed by atoms with Gasteiger partial charge in [0.15, 0.2) is 0 Å². The van der Waals surface area contributed by atoms with Crippen molar-refractivity contribution in [3.63, 3.8) is 0 Å². The van der Waals surface area contributed by atoms with Crippen molar-refractivity contribution < 1.29 is 4.79 Å². The van der Waals surface area contributed by atoms with Crippen molar-refractivity contribution in [1.82, 2.24) is 10.2 Å². The minimum Gasteiger partial charge on any atom is -0.340 e.